The fourth-order valence-electron chi connectivity index (χ4n) is 1.74. The standard InChI is InChI=1S/C10H15NO3/c1-10(2)11(9(12)13)8(6-14-10)5-7-3-4-7/h5,7H,3-4,6H2,1-2H3,(H,12,13). The van der Waals surface area contributed by atoms with Gasteiger partial charge in [0.15, 0.2) is 0 Å². The molecule has 1 saturated heterocycles. The van der Waals surface area contributed by atoms with Gasteiger partial charge in [-0.05, 0) is 32.6 Å². The van der Waals surface area contributed by atoms with Crippen molar-refractivity contribution in [2.45, 2.75) is 32.4 Å². The highest BCUT2D eigenvalue weighted by Gasteiger charge is 2.41. The van der Waals surface area contributed by atoms with Crippen LogP contribution in [0.3, 0.4) is 0 Å². The first-order valence-corrected chi connectivity index (χ1v) is 4.88. The Morgan fingerprint density at radius 2 is 2.29 bits per heavy atom. The summed E-state index contributed by atoms with van der Waals surface area (Å²) < 4.78 is 5.43. The number of allylic oxidation sites excluding steroid dienone is 1. The Morgan fingerprint density at radius 3 is 2.79 bits per heavy atom. The van der Waals surface area contributed by atoms with Crippen LogP contribution in [0.4, 0.5) is 4.79 Å². The quantitative estimate of drug-likeness (QED) is 0.699. The molecule has 2 aliphatic rings. The highest BCUT2D eigenvalue weighted by Crippen LogP contribution is 2.36. The summed E-state index contributed by atoms with van der Waals surface area (Å²) in [6, 6.07) is 0. The number of rotatable bonds is 1. The third-order valence-electron chi connectivity index (χ3n) is 2.64. The lowest BCUT2D eigenvalue weighted by Crippen LogP contribution is -2.41. The zero-order valence-corrected chi connectivity index (χ0v) is 8.49. The molecule has 2 fully saturated rings. The topological polar surface area (TPSA) is 49.8 Å². The summed E-state index contributed by atoms with van der Waals surface area (Å²) in [6.07, 6.45) is 3.46. The molecule has 4 heteroatoms. The van der Waals surface area contributed by atoms with Crippen molar-refractivity contribution in [2.24, 2.45) is 5.92 Å². The molecule has 0 bridgehead atoms. The molecule has 1 aliphatic heterocycles. The van der Waals surface area contributed by atoms with Gasteiger partial charge < -0.3 is 9.84 Å². The predicted octanol–water partition coefficient (Wildman–Crippen LogP) is 2.03. The Labute approximate surface area is 83.2 Å². The second kappa shape index (κ2) is 2.98. The van der Waals surface area contributed by atoms with E-state index >= 15 is 0 Å². The molecule has 0 atom stereocenters. The van der Waals surface area contributed by atoms with Gasteiger partial charge in [-0.25, -0.2) is 4.79 Å². The molecule has 4 nitrogen and oxygen atoms in total. The second-order valence-corrected chi connectivity index (χ2v) is 4.35. The first kappa shape index (κ1) is 9.52. The number of amides is 1. The van der Waals surface area contributed by atoms with Crippen LogP contribution in [0.15, 0.2) is 11.8 Å². The average molecular weight is 197 g/mol. The Bertz CT molecular complexity index is 292. The summed E-state index contributed by atoms with van der Waals surface area (Å²) in [4.78, 5) is 12.4. The van der Waals surface area contributed by atoms with Gasteiger partial charge in [0, 0.05) is 5.70 Å². The van der Waals surface area contributed by atoms with Crippen LogP contribution in [0.2, 0.25) is 0 Å². The van der Waals surface area contributed by atoms with Crippen molar-refractivity contribution in [2.75, 3.05) is 6.61 Å². The van der Waals surface area contributed by atoms with E-state index in [9.17, 15) is 4.79 Å². The van der Waals surface area contributed by atoms with Crippen LogP contribution in [0.1, 0.15) is 26.7 Å². The first-order valence-electron chi connectivity index (χ1n) is 4.88. The Kier molecular flexibility index (Phi) is 2.03. The molecule has 78 valence electrons. The lowest BCUT2D eigenvalue weighted by Gasteiger charge is -2.27. The molecule has 0 aromatic carbocycles. The van der Waals surface area contributed by atoms with Gasteiger partial charge in [0.25, 0.3) is 0 Å². The van der Waals surface area contributed by atoms with Crippen LogP contribution in [-0.2, 0) is 4.74 Å². The van der Waals surface area contributed by atoms with Crippen LogP contribution in [-0.4, -0.2) is 28.4 Å². The predicted molar refractivity (Wildman–Crippen MR) is 50.7 cm³/mol. The molecule has 0 radical (unpaired) electrons. The summed E-state index contributed by atoms with van der Waals surface area (Å²) >= 11 is 0. The van der Waals surface area contributed by atoms with E-state index in [-0.39, 0.29) is 0 Å². The van der Waals surface area contributed by atoms with Gasteiger partial charge in [0.05, 0.1) is 6.61 Å². The maximum Gasteiger partial charge on any atom is 0.413 e. The molecule has 0 aromatic rings. The highest BCUT2D eigenvalue weighted by atomic mass is 16.5. The highest BCUT2D eigenvalue weighted by molar-refractivity contribution is 5.69. The molecule has 0 unspecified atom stereocenters. The van der Waals surface area contributed by atoms with E-state index in [0.717, 1.165) is 5.70 Å². The minimum Gasteiger partial charge on any atom is -0.465 e. The summed E-state index contributed by atoms with van der Waals surface area (Å²) in [5.74, 6) is 0.573. The Balaban J connectivity index is 2.22. The van der Waals surface area contributed by atoms with Crippen molar-refractivity contribution in [1.82, 2.24) is 4.90 Å². The van der Waals surface area contributed by atoms with E-state index in [2.05, 4.69) is 0 Å². The number of hydrogen-bond acceptors (Lipinski definition) is 2. The van der Waals surface area contributed by atoms with Gasteiger partial charge in [-0.3, -0.25) is 4.90 Å². The van der Waals surface area contributed by atoms with E-state index in [1.807, 2.05) is 6.08 Å². The Morgan fingerprint density at radius 1 is 1.64 bits per heavy atom. The van der Waals surface area contributed by atoms with Crippen molar-refractivity contribution >= 4 is 6.09 Å². The van der Waals surface area contributed by atoms with Gasteiger partial charge in [-0.15, -0.1) is 0 Å². The van der Waals surface area contributed by atoms with E-state index < -0.39 is 11.8 Å². The monoisotopic (exact) mass is 197 g/mol. The van der Waals surface area contributed by atoms with Crippen LogP contribution in [0, 0.1) is 5.92 Å². The molecule has 1 saturated carbocycles. The van der Waals surface area contributed by atoms with Gasteiger partial charge in [-0.2, -0.15) is 0 Å². The van der Waals surface area contributed by atoms with Crippen molar-refractivity contribution < 1.29 is 14.6 Å². The molecule has 14 heavy (non-hydrogen) atoms. The number of nitrogens with zero attached hydrogens (tertiary/aromatic N) is 1. The number of carboxylic acid groups (broad SMARTS) is 1. The van der Waals surface area contributed by atoms with Gasteiger partial charge >= 0.3 is 6.09 Å². The Hall–Kier alpha value is -1.03. The summed E-state index contributed by atoms with van der Waals surface area (Å²) in [7, 11) is 0. The lowest BCUT2D eigenvalue weighted by atomic mass is 10.2. The van der Waals surface area contributed by atoms with Gasteiger partial charge in [0.1, 0.15) is 5.72 Å². The minimum atomic E-state index is -0.931. The van der Waals surface area contributed by atoms with Crippen LogP contribution in [0.25, 0.3) is 0 Å². The molecule has 1 heterocycles. The summed E-state index contributed by atoms with van der Waals surface area (Å²) in [5.41, 5.74) is 0.0806. The fourth-order valence-corrected chi connectivity index (χ4v) is 1.74. The molecular formula is C10H15NO3. The normalized spacial score (nSPS) is 28.4. The van der Waals surface area contributed by atoms with Crippen molar-refractivity contribution in [3.05, 3.63) is 11.8 Å². The maximum absolute atomic E-state index is 11.0. The lowest BCUT2D eigenvalue weighted by molar-refractivity contribution is -0.0378. The van der Waals surface area contributed by atoms with Crippen LogP contribution >= 0.6 is 0 Å². The smallest absolute Gasteiger partial charge is 0.413 e. The zero-order valence-electron chi connectivity index (χ0n) is 8.49. The third-order valence-corrected chi connectivity index (χ3v) is 2.64. The van der Waals surface area contributed by atoms with E-state index in [0.29, 0.717) is 12.5 Å². The first-order chi connectivity index (χ1) is 6.50. The van der Waals surface area contributed by atoms with Crippen molar-refractivity contribution in [1.29, 1.82) is 0 Å². The van der Waals surface area contributed by atoms with Crippen molar-refractivity contribution in [3.8, 4) is 0 Å². The molecule has 1 aliphatic carbocycles. The maximum atomic E-state index is 11.0. The molecule has 0 aromatic heterocycles. The summed E-state index contributed by atoms with van der Waals surface area (Å²) in [6.45, 7) is 3.96. The SMILES string of the molecule is CC1(C)OCC(=CC2CC2)N1C(=O)O. The van der Waals surface area contributed by atoms with Crippen molar-refractivity contribution in [3.63, 3.8) is 0 Å². The van der Waals surface area contributed by atoms with E-state index in [4.69, 9.17) is 9.84 Å². The zero-order chi connectivity index (χ0) is 10.3. The average Bonchev–Trinajstić information content (AvgIpc) is 2.77. The molecule has 0 spiro atoms. The van der Waals surface area contributed by atoms with E-state index in [1.54, 1.807) is 13.8 Å². The molecular weight excluding hydrogens is 182 g/mol. The van der Waals surface area contributed by atoms with Gasteiger partial charge in [0.2, 0.25) is 0 Å². The van der Waals surface area contributed by atoms with Crippen LogP contribution < -0.4 is 0 Å². The fraction of sp³-hybridized carbons (Fsp3) is 0.700. The third kappa shape index (κ3) is 1.62. The largest absolute Gasteiger partial charge is 0.465 e. The minimum absolute atomic E-state index is 0.413. The number of carbonyl (C=O) groups is 1. The molecule has 2 rings (SSSR count). The number of hydrogen-bond donors (Lipinski definition) is 1. The molecule has 1 N–H and O–H groups in total. The van der Waals surface area contributed by atoms with Gasteiger partial charge in [-0.1, -0.05) is 6.08 Å². The summed E-state index contributed by atoms with van der Waals surface area (Å²) in [5, 5.41) is 9.06. The second-order valence-electron chi connectivity index (χ2n) is 4.35. The van der Waals surface area contributed by atoms with Crippen LogP contribution in [0.5, 0.6) is 0 Å². The number of ether oxygens (including phenoxy) is 1. The molecule has 1 amide bonds. The van der Waals surface area contributed by atoms with E-state index in [1.165, 1.54) is 17.7 Å².